The predicted octanol–water partition coefficient (Wildman–Crippen LogP) is 1.76. The Morgan fingerprint density at radius 1 is 1.43 bits per heavy atom. The molecule has 0 aliphatic carbocycles. The van der Waals surface area contributed by atoms with E-state index in [0.29, 0.717) is 6.04 Å². The minimum absolute atomic E-state index is 0.351. The zero-order valence-electron chi connectivity index (χ0n) is 9.15. The van der Waals surface area contributed by atoms with Gasteiger partial charge in [0.05, 0.1) is 0 Å². The number of piperidine rings is 1. The molecule has 0 aromatic heterocycles. The fourth-order valence-electron chi connectivity index (χ4n) is 3.19. The molecule has 80 valence electrons. The first-order valence-corrected chi connectivity index (χ1v) is 5.80. The van der Waals surface area contributed by atoms with Crippen molar-refractivity contribution in [2.24, 2.45) is 11.7 Å². The summed E-state index contributed by atoms with van der Waals surface area (Å²) in [6.07, 6.45) is 8.33. The Kier molecular flexibility index (Phi) is 2.93. The maximum absolute atomic E-state index is 6.17. The van der Waals surface area contributed by atoms with E-state index in [0.717, 1.165) is 24.4 Å². The Morgan fingerprint density at radius 2 is 2.00 bits per heavy atom. The van der Waals surface area contributed by atoms with Crippen LogP contribution in [0, 0.1) is 5.92 Å². The Balaban J connectivity index is 1.95. The third-order valence-electron chi connectivity index (χ3n) is 4.18. The third-order valence-corrected chi connectivity index (χ3v) is 4.18. The molecule has 2 aliphatic rings. The first kappa shape index (κ1) is 10.2. The van der Waals surface area contributed by atoms with Gasteiger partial charge < -0.3 is 10.6 Å². The molecule has 3 atom stereocenters. The molecule has 0 saturated carbocycles. The number of nitrogens with zero attached hydrogens (tertiary/aromatic N) is 1. The molecule has 2 rings (SSSR count). The van der Waals surface area contributed by atoms with Crippen LogP contribution in [0.3, 0.4) is 0 Å². The van der Waals surface area contributed by atoms with Gasteiger partial charge in [-0.1, -0.05) is 6.08 Å². The van der Waals surface area contributed by atoms with E-state index in [-0.39, 0.29) is 0 Å². The van der Waals surface area contributed by atoms with Gasteiger partial charge in [0.1, 0.15) is 0 Å². The zero-order valence-corrected chi connectivity index (χ0v) is 9.15. The maximum Gasteiger partial charge on any atom is 0.0103 e. The maximum atomic E-state index is 6.17. The lowest BCUT2D eigenvalue weighted by molar-refractivity contribution is 0.121. The van der Waals surface area contributed by atoms with Crippen LogP contribution in [-0.2, 0) is 0 Å². The van der Waals surface area contributed by atoms with Crippen LogP contribution in [0.2, 0.25) is 0 Å². The van der Waals surface area contributed by atoms with Gasteiger partial charge in [0.25, 0.3) is 0 Å². The van der Waals surface area contributed by atoms with Gasteiger partial charge >= 0.3 is 0 Å². The molecule has 0 radical (unpaired) electrons. The largest absolute Gasteiger partial charge is 0.327 e. The van der Waals surface area contributed by atoms with E-state index >= 15 is 0 Å². The molecule has 2 N–H and O–H groups in total. The molecule has 0 spiro atoms. The van der Waals surface area contributed by atoms with E-state index in [1.165, 1.54) is 25.7 Å². The average molecular weight is 194 g/mol. The minimum atomic E-state index is 0.351. The van der Waals surface area contributed by atoms with Crippen LogP contribution in [0.5, 0.6) is 0 Å². The number of nitrogens with two attached hydrogens (primary N) is 1. The standard InChI is InChI=1S/C12H22N2/c1-3-4-12(13)9-7-10-5-6-11(8-9)14(10)2/h3,9-12H,1,4-8,13H2,2H3. The van der Waals surface area contributed by atoms with Crippen molar-refractivity contribution in [1.29, 1.82) is 0 Å². The molecule has 14 heavy (non-hydrogen) atoms. The molecule has 2 saturated heterocycles. The molecule has 2 nitrogen and oxygen atoms in total. The summed E-state index contributed by atoms with van der Waals surface area (Å²) in [5.41, 5.74) is 6.17. The summed E-state index contributed by atoms with van der Waals surface area (Å²) in [6, 6.07) is 1.98. The van der Waals surface area contributed by atoms with Gasteiger partial charge in [-0.15, -0.1) is 6.58 Å². The van der Waals surface area contributed by atoms with Crippen molar-refractivity contribution in [3.8, 4) is 0 Å². The number of hydrogen-bond donors (Lipinski definition) is 1. The van der Waals surface area contributed by atoms with Crippen molar-refractivity contribution >= 4 is 0 Å². The summed E-state index contributed by atoms with van der Waals surface area (Å²) in [4.78, 5) is 2.57. The molecule has 2 aliphatic heterocycles. The van der Waals surface area contributed by atoms with Gasteiger partial charge in [0.15, 0.2) is 0 Å². The topological polar surface area (TPSA) is 29.3 Å². The first-order valence-electron chi connectivity index (χ1n) is 5.80. The molecule has 3 unspecified atom stereocenters. The fraction of sp³-hybridized carbons (Fsp3) is 0.833. The Labute approximate surface area is 87.2 Å². The van der Waals surface area contributed by atoms with Gasteiger partial charge in [-0.2, -0.15) is 0 Å². The normalized spacial score (nSPS) is 39.7. The first-order chi connectivity index (χ1) is 6.72. The smallest absolute Gasteiger partial charge is 0.0103 e. The van der Waals surface area contributed by atoms with Gasteiger partial charge in [0.2, 0.25) is 0 Å². The third kappa shape index (κ3) is 1.73. The summed E-state index contributed by atoms with van der Waals surface area (Å²) in [5, 5.41) is 0. The molecule has 2 bridgehead atoms. The summed E-state index contributed by atoms with van der Waals surface area (Å²) >= 11 is 0. The fourth-order valence-corrected chi connectivity index (χ4v) is 3.19. The molecule has 0 aromatic rings. The van der Waals surface area contributed by atoms with Gasteiger partial charge in [-0.3, -0.25) is 0 Å². The zero-order chi connectivity index (χ0) is 10.1. The summed E-state index contributed by atoms with van der Waals surface area (Å²) in [5.74, 6) is 0.738. The van der Waals surface area contributed by atoms with Crippen molar-refractivity contribution in [3.63, 3.8) is 0 Å². The van der Waals surface area contributed by atoms with Crippen molar-refractivity contribution in [1.82, 2.24) is 4.90 Å². The van der Waals surface area contributed by atoms with Crippen molar-refractivity contribution in [2.45, 2.75) is 50.2 Å². The van der Waals surface area contributed by atoms with Crippen molar-refractivity contribution < 1.29 is 0 Å². The molecule has 2 heterocycles. The molecule has 2 fully saturated rings. The lowest BCUT2D eigenvalue weighted by Gasteiger charge is -2.38. The Bertz CT molecular complexity index is 200. The lowest BCUT2D eigenvalue weighted by atomic mass is 9.84. The Hall–Kier alpha value is -0.340. The van der Waals surface area contributed by atoms with Crippen LogP contribution in [0.25, 0.3) is 0 Å². The van der Waals surface area contributed by atoms with Gasteiger partial charge in [0, 0.05) is 18.1 Å². The van der Waals surface area contributed by atoms with Gasteiger partial charge in [-0.25, -0.2) is 0 Å². The van der Waals surface area contributed by atoms with Gasteiger partial charge in [-0.05, 0) is 45.1 Å². The molecule has 0 aromatic carbocycles. The lowest BCUT2D eigenvalue weighted by Crippen LogP contribution is -2.45. The molecular weight excluding hydrogens is 172 g/mol. The summed E-state index contributed by atoms with van der Waals surface area (Å²) in [6.45, 7) is 3.77. The second-order valence-corrected chi connectivity index (χ2v) is 4.97. The highest BCUT2D eigenvalue weighted by molar-refractivity contribution is 4.97. The van der Waals surface area contributed by atoms with Crippen LogP contribution in [0.1, 0.15) is 32.1 Å². The van der Waals surface area contributed by atoms with Crippen LogP contribution >= 0.6 is 0 Å². The minimum Gasteiger partial charge on any atom is -0.327 e. The highest BCUT2D eigenvalue weighted by Gasteiger charge is 2.39. The SMILES string of the molecule is C=CCC(N)C1CC2CCC(C1)N2C. The van der Waals surface area contributed by atoms with Crippen molar-refractivity contribution in [3.05, 3.63) is 12.7 Å². The number of rotatable bonds is 3. The monoisotopic (exact) mass is 194 g/mol. The van der Waals surface area contributed by atoms with E-state index in [9.17, 15) is 0 Å². The van der Waals surface area contributed by atoms with Crippen LogP contribution in [-0.4, -0.2) is 30.1 Å². The highest BCUT2D eigenvalue weighted by atomic mass is 15.2. The van der Waals surface area contributed by atoms with E-state index in [2.05, 4.69) is 18.5 Å². The Morgan fingerprint density at radius 3 is 2.50 bits per heavy atom. The van der Waals surface area contributed by atoms with E-state index < -0.39 is 0 Å². The number of hydrogen-bond acceptors (Lipinski definition) is 2. The van der Waals surface area contributed by atoms with E-state index in [1.807, 2.05) is 6.08 Å². The average Bonchev–Trinajstić information content (AvgIpc) is 2.42. The predicted molar refractivity (Wildman–Crippen MR) is 60.1 cm³/mol. The van der Waals surface area contributed by atoms with Crippen LogP contribution in [0.4, 0.5) is 0 Å². The number of fused-ring (bicyclic) bond motifs is 2. The molecule has 2 heteroatoms. The van der Waals surface area contributed by atoms with Crippen LogP contribution < -0.4 is 5.73 Å². The second kappa shape index (κ2) is 4.03. The molecule has 0 amide bonds. The molecular formula is C12H22N2. The van der Waals surface area contributed by atoms with E-state index in [4.69, 9.17) is 5.73 Å². The van der Waals surface area contributed by atoms with Crippen molar-refractivity contribution in [2.75, 3.05) is 7.05 Å². The summed E-state index contributed by atoms with van der Waals surface area (Å²) < 4.78 is 0. The highest BCUT2D eigenvalue weighted by Crippen LogP contribution is 2.38. The van der Waals surface area contributed by atoms with Crippen LogP contribution in [0.15, 0.2) is 12.7 Å². The van der Waals surface area contributed by atoms with E-state index in [1.54, 1.807) is 0 Å². The quantitative estimate of drug-likeness (QED) is 0.694. The summed E-state index contributed by atoms with van der Waals surface area (Å²) in [7, 11) is 2.28. The second-order valence-electron chi connectivity index (χ2n) is 4.97.